The predicted octanol–water partition coefficient (Wildman–Crippen LogP) is -0.591. The molecule has 1 aliphatic heterocycles. The van der Waals surface area contributed by atoms with Crippen LogP contribution in [0.4, 0.5) is 0 Å². The van der Waals surface area contributed by atoms with Crippen LogP contribution in [-0.2, 0) is 14.4 Å². The minimum atomic E-state index is -0.870. The van der Waals surface area contributed by atoms with Crippen LogP contribution >= 0.6 is 0 Å². The molecule has 2 atom stereocenters. The molecule has 0 aromatic rings. The van der Waals surface area contributed by atoms with Gasteiger partial charge >= 0.3 is 5.97 Å². The van der Waals surface area contributed by atoms with E-state index in [1.54, 1.807) is 13.8 Å². The lowest BCUT2D eigenvalue weighted by atomic mass is 9.91. The average molecular weight is 285 g/mol. The third-order valence-corrected chi connectivity index (χ3v) is 3.33. The molecule has 1 saturated heterocycles. The van der Waals surface area contributed by atoms with E-state index in [1.165, 1.54) is 0 Å². The molecule has 4 N–H and O–H groups in total. The van der Waals surface area contributed by atoms with Crippen molar-refractivity contribution < 1.29 is 19.5 Å². The smallest absolute Gasteiger partial charge is 0.303 e. The molecule has 0 saturated carbocycles. The van der Waals surface area contributed by atoms with E-state index in [1.807, 2.05) is 4.90 Å². The van der Waals surface area contributed by atoms with E-state index in [2.05, 4.69) is 5.32 Å². The number of carbonyl (C=O) groups excluding carboxylic acids is 2. The highest BCUT2D eigenvalue weighted by molar-refractivity contribution is 5.78. The number of nitrogens with one attached hydrogen (secondary N) is 1. The Morgan fingerprint density at radius 1 is 1.35 bits per heavy atom. The minimum absolute atomic E-state index is 0.0311. The molecule has 0 aromatic heterocycles. The van der Waals surface area contributed by atoms with Gasteiger partial charge in [0.25, 0.3) is 0 Å². The molecule has 20 heavy (non-hydrogen) atoms. The van der Waals surface area contributed by atoms with Gasteiger partial charge in [0.1, 0.15) is 0 Å². The minimum Gasteiger partial charge on any atom is -0.481 e. The maximum Gasteiger partial charge on any atom is 0.303 e. The normalized spacial score (nSPS) is 23.6. The lowest BCUT2D eigenvalue weighted by molar-refractivity contribution is -0.138. The van der Waals surface area contributed by atoms with Crippen LogP contribution in [0.25, 0.3) is 0 Å². The van der Waals surface area contributed by atoms with Gasteiger partial charge in [-0.1, -0.05) is 13.8 Å². The van der Waals surface area contributed by atoms with E-state index in [9.17, 15) is 14.4 Å². The highest BCUT2D eigenvalue weighted by Crippen LogP contribution is 2.20. The van der Waals surface area contributed by atoms with Crippen molar-refractivity contribution in [2.24, 2.45) is 17.6 Å². The van der Waals surface area contributed by atoms with Crippen LogP contribution < -0.4 is 11.1 Å². The number of nitrogens with zero attached hydrogens (tertiary/aromatic N) is 1. The maximum absolute atomic E-state index is 11.7. The monoisotopic (exact) mass is 285 g/mol. The van der Waals surface area contributed by atoms with Crippen molar-refractivity contribution in [2.45, 2.75) is 32.7 Å². The molecule has 0 spiro atoms. The number of carboxylic acid groups (broad SMARTS) is 1. The zero-order valence-electron chi connectivity index (χ0n) is 12.0. The van der Waals surface area contributed by atoms with E-state index in [0.29, 0.717) is 19.5 Å². The van der Waals surface area contributed by atoms with Gasteiger partial charge in [-0.3, -0.25) is 19.3 Å². The largest absolute Gasteiger partial charge is 0.481 e. The average Bonchev–Trinajstić information content (AvgIpc) is 2.25. The van der Waals surface area contributed by atoms with Crippen LogP contribution in [-0.4, -0.2) is 53.5 Å². The van der Waals surface area contributed by atoms with Crippen LogP contribution in [0.5, 0.6) is 0 Å². The van der Waals surface area contributed by atoms with Gasteiger partial charge in [-0.25, -0.2) is 0 Å². The molecule has 0 aliphatic carbocycles. The van der Waals surface area contributed by atoms with Crippen molar-refractivity contribution in [3.8, 4) is 0 Å². The van der Waals surface area contributed by atoms with Crippen molar-refractivity contribution in [3.63, 3.8) is 0 Å². The van der Waals surface area contributed by atoms with Crippen molar-refractivity contribution in [2.75, 3.05) is 19.6 Å². The summed E-state index contributed by atoms with van der Waals surface area (Å²) in [6, 6.07) is -0.137. The molecule has 0 bridgehead atoms. The van der Waals surface area contributed by atoms with E-state index < -0.39 is 11.9 Å². The fourth-order valence-corrected chi connectivity index (χ4v) is 2.52. The SMILES string of the molecule is CC(C)C(=O)NC1CC(CC(=O)O)CN(CC(N)=O)C1. The molecule has 2 amide bonds. The zero-order chi connectivity index (χ0) is 15.3. The Balaban J connectivity index is 2.65. The highest BCUT2D eigenvalue weighted by Gasteiger charge is 2.30. The summed E-state index contributed by atoms with van der Waals surface area (Å²) in [5, 5.41) is 11.8. The molecule has 114 valence electrons. The molecule has 0 aromatic carbocycles. The second-order valence-corrected chi connectivity index (χ2v) is 5.72. The fourth-order valence-electron chi connectivity index (χ4n) is 2.52. The highest BCUT2D eigenvalue weighted by atomic mass is 16.4. The van der Waals surface area contributed by atoms with E-state index in [-0.39, 0.29) is 36.8 Å². The Kier molecular flexibility index (Phi) is 5.94. The van der Waals surface area contributed by atoms with Gasteiger partial charge in [-0.05, 0) is 12.3 Å². The third kappa shape index (κ3) is 5.56. The van der Waals surface area contributed by atoms with Crippen LogP contribution in [0.15, 0.2) is 0 Å². The van der Waals surface area contributed by atoms with E-state index in [4.69, 9.17) is 10.8 Å². The first-order chi connectivity index (χ1) is 9.27. The van der Waals surface area contributed by atoms with Gasteiger partial charge in [0, 0.05) is 31.5 Å². The standard InChI is InChI=1S/C13H23N3O4/c1-8(2)13(20)15-10-3-9(4-12(18)19)5-16(6-10)7-11(14)17/h8-10H,3-7H2,1-2H3,(H2,14,17)(H,15,20)(H,18,19). The van der Waals surface area contributed by atoms with Gasteiger partial charge < -0.3 is 16.2 Å². The van der Waals surface area contributed by atoms with E-state index in [0.717, 1.165) is 0 Å². The Morgan fingerprint density at radius 2 is 2.00 bits per heavy atom. The molecule has 1 heterocycles. The Labute approximate surface area is 118 Å². The third-order valence-electron chi connectivity index (χ3n) is 3.33. The van der Waals surface area contributed by atoms with Gasteiger partial charge in [0.05, 0.1) is 6.54 Å². The second kappa shape index (κ2) is 7.23. The zero-order valence-corrected chi connectivity index (χ0v) is 12.0. The summed E-state index contributed by atoms with van der Waals surface area (Å²) in [6.45, 7) is 4.73. The van der Waals surface area contributed by atoms with Crippen molar-refractivity contribution >= 4 is 17.8 Å². The number of likely N-dealkylation sites (tertiary alicyclic amines) is 1. The Morgan fingerprint density at radius 3 is 2.50 bits per heavy atom. The van der Waals surface area contributed by atoms with Crippen molar-refractivity contribution in [3.05, 3.63) is 0 Å². The number of hydrogen-bond donors (Lipinski definition) is 3. The summed E-state index contributed by atoms with van der Waals surface area (Å²) in [5.74, 6) is -1.60. The molecule has 0 radical (unpaired) electrons. The van der Waals surface area contributed by atoms with Gasteiger partial charge in [-0.2, -0.15) is 0 Å². The Hall–Kier alpha value is -1.63. The molecular formula is C13H23N3O4. The fraction of sp³-hybridized carbons (Fsp3) is 0.769. The number of nitrogens with two attached hydrogens (primary N) is 1. The summed E-state index contributed by atoms with van der Waals surface area (Å²) < 4.78 is 0. The lowest BCUT2D eigenvalue weighted by Crippen LogP contribution is -2.53. The number of carbonyl (C=O) groups is 3. The van der Waals surface area contributed by atoms with Gasteiger partial charge in [0.2, 0.25) is 11.8 Å². The predicted molar refractivity (Wildman–Crippen MR) is 72.8 cm³/mol. The van der Waals surface area contributed by atoms with Crippen LogP contribution in [0.3, 0.4) is 0 Å². The summed E-state index contributed by atoms with van der Waals surface area (Å²) in [5.41, 5.74) is 5.18. The molecular weight excluding hydrogens is 262 g/mol. The molecule has 7 heteroatoms. The summed E-state index contributed by atoms with van der Waals surface area (Å²) in [4.78, 5) is 35.4. The molecule has 1 rings (SSSR count). The number of amides is 2. The number of primary amides is 1. The van der Waals surface area contributed by atoms with Gasteiger partial charge in [-0.15, -0.1) is 0 Å². The quantitative estimate of drug-likeness (QED) is 0.603. The lowest BCUT2D eigenvalue weighted by Gasteiger charge is -2.37. The number of rotatable bonds is 6. The molecule has 1 aliphatic rings. The molecule has 2 unspecified atom stereocenters. The second-order valence-electron chi connectivity index (χ2n) is 5.72. The molecule has 1 fully saturated rings. The van der Waals surface area contributed by atoms with E-state index >= 15 is 0 Å². The summed E-state index contributed by atoms with van der Waals surface area (Å²) >= 11 is 0. The Bertz CT molecular complexity index is 360. The van der Waals surface area contributed by atoms with Crippen LogP contribution in [0, 0.1) is 11.8 Å². The first-order valence-corrected chi connectivity index (χ1v) is 6.80. The van der Waals surface area contributed by atoms with Crippen LogP contribution in [0.2, 0.25) is 0 Å². The summed E-state index contributed by atoms with van der Waals surface area (Å²) in [7, 11) is 0. The number of hydrogen-bond acceptors (Lipinski definition) is 4. The van der Waals surface area contributed by atoms with Crippen molar-refractivity contribution in [1.82, 2.24) is 10.2 Å². The first kappa shape index (κ1) is 16.4. The first-order valence-electron chi connectivity index (χ1n) is 6.80. The number of carboxylic acids is 1. The number of piperidine rings is 1. The summed E-state index contributed by atoms with van der Waals surface area (Å²) in [6.07, 6.45) is 0.642. The van der Waals surface area contributed by atoms with Crippen LogP contribution in [0.1, 0.15) is 26.7 Å². The topological polar surface area (TPSA) is 113 Å². The number of aliphatic carboxylic acids is 1. The molecule has 7 nitrogen and oxygen atoms in total. The van der Waals surface area contributed by atoms with Crippen molar-refractivity contribution in [1.29, 1.82) is 0 Å². The maximum atomic E-state index is 11.7. The van der Waals surface area contributed by atoms with Gasteiger partial charge in [0.15, 0.2) is 0 Å².